The summed E-state index contributed by atoms with van der Waals surface area (Å²) >= 11 is 0. The van der Waals surface area contributed by atoms with Crippen molar-refractivity contribution in [3.8, 4) is 5.75 Å². The van der Waals surface area contributed by atoms with Crippen LogP contribution in [0.15, 0.2) is 47.4 Å². The number of amides is 1. The fraction of sp³-hybridized carbons (Fsp3) is 0.350. The molecule has 31 heavy (non-hydrogen) atoms. The van der Waals surface area contributed by atoms with E-state index in [1.54, 1.807) is 37.3 Å². The van der Waals surface area contributed by atoms with Crippen LogP contribution >= 0.6 is 0 Å². The molecule has 0 unspecified atom stereocenters. The zero-order chi connectivity index (χ0) is 23.4. The Kier molecular flexibility index (Phi) is 7.68. The van der Waals surface area contributed by atoms with Gasteiger partial charge in [-0.15, -0.1) is 0 Å². The van der Waals surface area contributed by atoms with Gasteiger partial charge in [-0.2, -0.15) is 0 Å². The number of nitrogens with zero attached hydrogens (tertiary/aromatic N) is 2. The molecule has 2 rings (SSSR count). The van der Waals surface area contributed by atoms with E-state index < -0.39 is 20.0 Å². The molecule has 0 aromatic heterocycles. The fourth-order valence-electron chi connectivity index (χ4n) is 2.68. The van der Waals surface area contributed by atoms with Crippen LogP contribution in [0.5, 0.6) is 5.75 Å². The Morgan fingerprint density at radius 1 is 1.00 bits per heavy atom. The second kappa shape index (κ2) is 9.67. The topological polar surface area (TPSA) is 113 Å². The van der Waals surface area contributed by atoms with Crippen LogP contribution in [-0.4, -0.2) is 67.6 Å². The van der Waals surface area contributed by atoms with Gasteiger partial charge in [0.25, 0.3) is 5.91 Å². The number of anilines is 1. The molecular formula is C20H27N3O6S2. The van der Waals surface area contributed by atoms with E-state index in [9.17, 15) is 21.6 Å². The first-order chi connectivity index (χ1) is 14.3. The van der Waals surface area contributed by atoms with Gasteiger partial charge in [0, 0.05) is 26.7 Å². The van der Waals surface area contributed by atoms with Gasteiger partial charge in [-0.1, -0.05) is 0 Å². The zero-order valence-corrected chi connectivity index (χ0v) is 19.7. The Morgan fingerprint density at radius 2 is 1.61 bits per heavy atom. The summed E-state index contributed by atoms with van der Waals surface area (Å²) in [5.41, 5.74) is 1.56. The standard InChI is InChI=1S/C20H27N3O6S2/c1-15-14-16(6-11-19(15)23(4)30(5,25)26)20(24)21-12-13-29-17-7-9-18(10-8-17)31(27,28)22(2)3/h6-11,14H,12-13H2,1-5H3,(H,21,24). The molecule has 0 fully saturated rings. The van der Waals surface area contributed by atoms with E-state index in [2.05, 4.69) is 5.32 Å². The third-order valence-electron chi connectivity index (χ3n) is 4.55. The fourth-order valence-corrected chi connectivity index (χ4v) is 4.15. The number of nitrogens with one attached hydrogen (secondary N) is 1. The van der Waals surface area contributed by atoms with E-state index in [-0.39, 0.29) is 24.0 Å². The van der Waals surface area contributed by atoms with Crippen LogP contribution in [0.2, 0.25) is 0 Å². The summed E-state index contributed by atoms with van der Waals surface area (Å²) in [5.74, 6) is 0.170. The molecule has 2 aromatic rings. The van der Waals surface area contributed by atoms with Crippen molar-refractivity contribution in [2.75, 3.05) is 44.9 Å². The van der Waals surface area contributed by atoms with Crippen LogP contribution in [0.25, 0.3) is 0 Å². The monoisotopic (exact) mass is 469 g/mol. The third kappa shape index (κ3) is 6.18. The average molecular weight is 470 g/mol. The number of hydrogen-bond acceptors (Lipinski definition) is 6. The van der Waals surface area contributed by atoms with Crippen LogP contribution < -0.4 is 14.4 Å². The van der Waals surface area contributed by atoms with Gasteiger partial charge in [0.2, 0.25) is 20.0 Å². The average Bonchev–Trinajstić information content (AvgIpc) is 2.70. The minimum Gasteiger partial charge on any atom is -0.492 e. The van der Waals surface area contributed by atoms with Gasteiger partial charge in [0.1, 0.15) is 12.4 Å². The number of aryl methyl sites for hydroxylation is 1. The van der Waals surface area contributed by atoms with E-state index in [4.69, 9.17) is 4.74 Å². The number of sulfonamides is 2. The zero-order valence-electron chi connectivity index (χ0n) is 18.1. The van der Waals surface area contributed by atoms with Gasteiger partial charge in [0.05, 0.1) is 23.4 Å². The Bertz CT molecular complexity index is 1140. The normalized spacial score (nSPS) is 11.9. The first-order valence-electron chi connectivity index (χ1n) is 9.32. The highest BCUT2D eigenvalue weighted by Gasteiger charge is 2.17. The molecule has 0 atom stereocenters. The minimum absolute atomic E-state index is 0.165. The Balaban J connectivity index is 1.91. The summed E-state index contributed by atoms with van der Waals surface area (Å²) < 4.78 is 55.3. The largest absolute Gasteiger partial charge is 0.492 e. The minimum atomic E-state index is -3.50. The molecule has 9 nitrogen and oxygen atoms in total. The van der Waals surface area contributed by atoms with E-state index in [1.165, 1.54) is 33.3 Å². The molecular weight excluding hydrogens is 442 g/mol. The summed E-state index contributed by atoms with van der Waals surface area (Å²) in [6, 6.07) is 10.8. The van der Waals surface area contributed by atoms with Crippen molar-refractivity contribution in [2.24, 2.45) is 0 Å². The lowest BCUT2D eigenvalue weighted by molar-refractivity contribution is 0.0947. The molecule has 0 saturated heterocycles. The van der Waals surface area contributed by atoms with Crippen LogP contribution in [0, 0.1) is 6.92 Å². The van der Waals surface area contributed by atoms with Gasteiger partial charge in [-0.05, 0) is 55.0 Å². The number of ether oxygens (including phenoxy) is 1. The summed E-state index contributed by atoms with van der Waals surface area (Å²) in [5, 5.41) is 2.73. The maximum absolute atomic E-state index is 12.3. The summed E-state index contributed by atoms with van der Waals surface area (Å²) in [6.45, 7) is 2.16. The molecule has 1 N–H and O–H groups in total. The lowest BCUT2D eigenvalue weighted by Crippen LogP contribution is -2.29. The molecule has 0 saturated carbocycles. The molecule has 170 valence electrons. The number of hydrogen-bond donors (Lipinski definition) is 1. The van der Waals surface area contributed by atoms with Crippen LogP contribution in [-0.2, 0) is 20.0 Å². The number of carbonyl (C=O) groups is 1. The number of carbonyl (C=O) groups excluding carboxylic acids is 1. The molecule has 2 aromatic carbocycles. The van der Waals surface area contributed by atoms with Crippen LogP contribution in [0.1, 0.15) is 15.9 Å². The SMILES string of the molecule is Cc1cc(C(=O)NCCOc2ccc(S(=O)(=O)N(C)C)cc2)ccc1N(C)S(C)(=O)=O. The van der Waals surface area contributed by atoms with Crippen LogP contribution in [0.4, 0.5) is 5.69 Å². The van der Waals surface area contributed by atoms with Gasteiger partial charge in [0.15, 0.2) is 0 Å². The smallest absolute Gasteiger partial charge is 0.251 e. The van der Waals surface area contributed by atoms with E-state index in [1.807, 2.05) is 0 Å². The highest BCUT2D eigenvalue weighted by molar-refractivity contribution is 7.92. The van der Waals surface area contributed by atoms with Gasteiger partial charge in [-0.25, -0.2) is 21.1 Å². The Morgan fingerprint density at radius 3 is 2.13 bits per heavy atom. The Labute approximate surface area is 183 Å². The van der Waals surface area contributed by atoms with Crippen molar-refractivity contribution in [3.63, 3.8) is 0 Å². The van der Waals surface area contributed by atoms with Crippen LogP contribution in [0.3, 0.4) is 0 Å². The summed E-state index contributed by atoms with van der Waals surface area (Å²) in [4.78, 5) is 12.5. The van der Waals surface area contributed by atoms with Gasteiger partial charge in [-0.3, -0.25) is 9.10 Å². The number of benzene rings is 2. The van der Waals surface area contributed by atoms with E-state index in [0.29, 0.717) is 22.6 Å². The van der Waals surface area contributed by atoms with Crippen molar-refractivity contribution in [3.05, 3.63) is 53.6 Å². The highest BCUT2D eigenvalue weighted by Crippen LogP contribution is 2.22. The summed E-state index contributed by atoms with van der Waals surface area (Å²) in [6.07, 6.45) is 1.11. The summed E-state index contributed by atoms with van der Waals surface area (Å²) in [7, 11) is -2.51. The molecule has 0 aliphatic carbocycles. The predicted octanol–water partition coefficient (Wildman–Crippen LogP) is 1.45. The molecule has 0 bridgehead atoms. The van der Waals surface area contributed by atoms with Crippen molar-refractivity contribution in [1.29, 1.82) is 0 Å². The van der Waals surface area contributed by atoms with Gasteiger partial charge < -0.3 is 10.1 Å². The second-order valence-corrected chi connectivity index (χ2v) is 11.3. The lowest BCUT2D eigenvalue weighted by atomic mass is 10.1. The van der Waals surface area contributed by atoms with E-state index >= 15 is 0 Å². The maximum Gasteiger partial charge on any atom is 0.251 e. The van der Waals surface area contributed by atoms with Crippen molar-refractivity contribution < 1.29 is 26.4 Å². The quantitative estimate of drug-likeness (QED) is 0.556. The van der Waals surface area contributed by atoms with Crippen molar-refractivity contribution in [1.82, 2.24) is 9.62 Å². The molecule has 1 amide bonds. The third-order valence-corrected chi connectivity index (χ3v) is 7.58. The maximum atomic E-state index is 12.3. The van der Waals surface area contributed by atoms with E-state index in [0.717, 1.165) is 14.9 Å². The molecule has 0 aliphatic heterocycles. The lowest BCUT2D eigenvalue weighted by Gasteiger charge is -2.19. The molecule has 0 spiro atoms. The second-order valence-electron chi connectivity index (χ2n) is 7.09. The first-order valence-corrected chi connectivity index (χ1v) is 12.6. The molecule has 0 radical (unpaired) electrons. The first kappa shape index (κ1) is 24.6. The molecule has 11 heteroatoms. The van der Waals surface area contributed by atoms with Gasteiger partial charge >= 0.3 is 0 Å². The van der Waals surface area contributed by atoms with Crippen molar-refractivity contribution >= 4 is 31.6 Å². The molecule has 0 heterocycles. The number of rotatable bonds is 9. The molecule has 0 aliphatic rings. The van der Waals surface area contributed by atoms with Crippen molar-refractivity contribution in [2.45, 2.75) is 11.8 Å². The Hall–Kier alpha value is -2.63. The highest BCUT2D eigenvalue weighted by atomic mass is 32.2. The predicted molar refractivity (Wildman–Crippen MR) is 120 cm³/mol.